The van der Waals surface area contributed by atoms with Crippen LogP contribution in [0.15, 0.2) is 73.3 Å². The van der Waals surface area contributed by atoms with Gasteiger partial charge in [-0.3, -0.25) is 5.32 Å². The molecule has 0 unspecified atom stereocenters. The first-order valence-corrected chi connectivity index (χ1v) is 12.9. The molecule has 0 bridgehead atoms. The van der Waals surface area contributed by atoms with E-state index in [1.54, 1.807) is 0 Å². The SMILES string of the molecule is C=C[C@H]1OC(c2ccccc2)(c2ccccc2)N[C@@H]1CO[Si](C)(C)C(C)(C)C. The lowest BCUT2D eigenvalue weighted by Gasteiger charge is -2.37. The zero-order valence-corrected chi connectivity index (χ0v) is 18.7. The van der Waals surface area contributed by atoms with Crippen LogP contribution >= 0.6 is 0 Å². The van der Waals surface area contributed by atoms with Crippen molar-refractivity contribution in [2.75, 3.05) is 6.61 Å². The highest BCUT2D eigenvalue weighted by Crippen LogP contribution is 2.40. The summed E-state index contributed by atoms with van der Waals surface area (Å²) < 4.78 is 13.2. The van der Waals surface area contributed by atoms with E-state index in [0.29, 0.717) is 6.61 Å². The van der Waals surface area contributed by atoms with Crippen LogP contribution in [0.4, 0.5) is 0 Å². The van der Waals surface area contributed by atoms with Crippen molar-refractivity contribution >= 4 is 8.32 Å². The molecule has 1 heterocycles. The lowest BCUT2D eigenvalue weighted by Crippen LogP contribution is -2.48. The Hall–Kier alpha value is -1.72. The fraction of sp³-hybridized carbons (Fsp3) is 0.417. The highest BCUT2D eigenvalue weighted by Gasteiger charge is 2.48. The molecule has 1 N–H and O–H groups in total. The van der Waals surface area contributed by atoms with E-state index in [4.69, 9.17) is 9.16 Å². The van der Waals surface area contributed by atoms with Gasteiger partial charge in [0, 0.05) is 11.1 Å². The third kappa shape index (κ3) is 4.01. The van der Waals surface area contributed by atoms with Crippen LogP contribution in [0.5, 0.6) is 0 Å². The highest BCUT2D eigenvalue weighted by atomic mass is 28.4. The first-order chi connectivity index (χ1) is 13.2. The van der Waals surface area contributed by atoms with Crippen LogP contribution in [-0.4, -0.2) is 27.1 Å². The van der Waals surface area contributed by atoms with Crippen LogP contribution in [-0.2, 0) is 14.9 Å². The van der Waals surface area contributed by atoms with Crippen LogP contribution in [0.25, 0.3) is 0 Å². The van der Waals surface area contributed by atoms with Gasteiger partial charge in [-0.05, 0) is 18.1 Å². The molecule has 1 saturated heterocycles. The molecule has 28 heavy (non-hydrogen) atoms. The quantitative estimate of drug-likeness (QED) is 0.521. The predicted molar refractivity (Wildman–Crippen MR) is 119 cm³/mol. The summed E-state index contributed by atoms with van der Waals surface area (Å²) in [5, 5.41) is 3.94. The van der Waals surface area contributed by atoms with Crippen molar-refractivity contribution in [3.05, 3.63) is 84.4 Å². The molecule has 0 saturated carbocycles. The van der Waals surface area contributed by atoms with Gasteiger partial charge in [0.25, 0.3) is 0 Å². The van der Waals surface area contributed by atoms with Gasteiger partial charge in [-0.2, -0.15) is 0 Å². The van der Waals surface area contributed by atoms with E-state index in [-0.39, 0.29) is 17.2 Å². The van der Waals surface area contributed by atoms with Gasteiger partial charge < -0.3 is 9.16 Å². The molecule has 0 amide bonds. The Labute approximate surface area is 170 Å². The summed E-state index contributed by atoms with van der Waals surface area (Å²) in [4.78, 5) is 0. The molecule has 3 rings (SSSR count). The molecule has 0 aromatic heterocycles. The van der Waals surface area contributed by atoms with E-state index >= 15 is 0 Å². The predicted octanol–water partition coefficient (Wildman–Crippen LogP) is 5.45. The average molecular weight is 396 g/mol. The van der Waals surface area contributed by atoms with E-state index in [9.17, 15) is 0 Å². The number of rotatable bonds is 6. The molecule has 0 aliphatic carbocycles. The summed E-state index contributed by atoms with van der Waals surface area (Å²) in [6.07, 6.45) is 1.76. The van der Waals surface area contributed by atoms with Gasteiger partial charge in [0.2, 0.25) is 0 Å². The van der Waals surface area contributed by atoms with Crippen LogP contribution in [0.3, 0.4) is 0 Å². The van der Waals surface area contributed by atoms with Crippen LogP contribution in [0.2, 0.25) is 18.1 Å². The second kappa shape index (κ2) is 7.95. The Balaban J connectivity index is 1.93. The number of hydrogen-bond donors (Lipinski definition) is 1. The Morgan fingerprint density at radius 2 is 1.54 bits per heavy atom. The molecule has 1 fully saturated rings. The van der Waals surface area contributed by atoms with Crippen LogP contribution < -0.4 is 5.32 Å². The minimum atomic E-state index is -1.85. The largest absolute Gasteiger partial charge is 0.415 e. The van der Waals surface area contributed by atoms with Crippen molar-refractivity contribution in [3.8, 4) is 0 Å². The number of ether oxygens (including phenoxy) is 1. The molecule has 2 aromatic rings. The van der Waals surface area contributed by atoms with Gasteiger partial charge in [-0.25, -0.2) is 0 Å². The van der Waals surface area contributed by atoms with Crippen molar-refractivity contribution in [2.24, 2.45) is 0 Å². The van der Waals surface area contributed by atoms with Gasteiger partial charge in [-0.15, -0.1) is 6.58 Å². The summed E-state index contributed by atoms with van der Waals surface area (Å²) in [5.74, 6) is 0. The van der Waals surface area contributed by atoms with Crippen LogP contribution in [0, 0.1) is 0 Å². The maximum Gasteiger partial charge on any atom is 0.192 e. The summed E-state index contributed by atoms with van der Waals surface area (Å²) in [5.41, 5.74) is 1.47. The summed E-state index contributed by atoms with van der Waals surface area (Å²) >= 11 is 0. The standard InChI is InChI=1S/C24H33NO2Si/c1-7-22-21(18-26-28(5,6)23(2,3)4)25-24(27-22,19-14-10-8-11-15-19)20-16-12-9-13-17-20/h7-17,21-22,25H,1,18H2,2-6H3/t21-,22-/m1/s1. The van der Waals surface area contributed by atoms with Gasteiger partial charge in [0.15, 0.2) is 14.0 Å². The van der Waals surface area contributed by atoms with Crippen molar-refractivity contribution in [1.82, 2.24) is 5.32 Å². The molecule has 2 aromatic carbocycles. The van der Waals surface area contributed by atoms with E-state index < -0.39 is 14.0 Å². The summed E-state index contributed by atoms with van der Waals surface area (Å²) in [6, 6.07) is 20.7. The van der Waals surface area contributed by atoms with Crippen LogP contribution in [0.1, 0.15) is 31.9 Å². The zero-order chi connectivity index (χ0) is 20.4. The molecular formula is C24H33NO2Si. The second-order valence-electron chi connectivity index (χ2n) is 9.05. The van der Waals surface area contributed by atoms with E-state index in [0.717, 1.165) is 11.1 Å². The number of benzene rings is 2. The van der Waals surface area contributed by atoms with E-state index in [1.807, 2.05) is 42.5 Å². The minimum absolute atomic E-state index is 0.0343. The van der Waals surface area contributed by atoms with Gasteiger partial charge in [0.05, 0.1) is 18.8 Å². The zero-order valence-electron chi connectivity index (χ0n) is 17.7. The Kier molecular flexibility index (Phi) is 5.96. The maximum atomic E-state index is 6.64. The first-order valence-electron chi connectivity index (χ1n) is 10.0. The molecule has 2 atom stereocenters. The Morgan fingerprint density at radius 3 is 1.96 bits per heavy atom. The normalized spacial score (nSPS) is 22.2. The molecule has 1 aliphatic rings. The summed E-state index contributed by atoms with van der Waals surface area (Å²) in [6.45, 7) is 16.0. The molecule has 4 heteroatoms. The smallest absolute Gasteiger partial charge is 0.192 e. The average Bonchev–Trinajstić information content (AvgIpc) is 3.07. The molecule has 3 nitrogen and oxygen atoms in total. The monoisotopic (exact) mass is 395 g/mol. The molecule has 150 valence electrons. The van der Waals surface area contributed by atoms with Gasteiger partial charge >= 0.3 is 0 Å². The van der Waals surface area contributed by atoms with E-state index in [1.165, 1.54) is 0 Å². The molecule has 1 aliphatic heterocycles. The minimum Gasteiger partial charge on any atom is -0.415 e. The fourth-order valence-corrected chi connectivity index (χ4v) is 4.37. The van der Waals surface area contributed by atoms with E-state index in [2.05, 4.69) is 70.0 Å². The second-order valence-corrected chi connectivity index (χ2v) is 13.9. The third-order valence-electron chi connectivity index (χ3n) is 6.12. The lowest BCUT2D eigenvalue weighted by atomic mass is 9.94. The number of hydrogen-bond acceptors (Lipinski definition) is 3. The molecular weight excluding hydrogens is 362 g/mol. The van der Waals surface area contributed by atoms with Crippen molar-refractivity contribution < 1.29 is 9.16 Å². The molecule has 0 spiro atoms. The van der Waals surface area contributed by atoms with Crippen molar-refractivity contribution in [2.45, 2.75) is 56.8 Å². The fourth-order valence-electron chi connectivity index (χ4n) is 3.34. The lowest BCUT2D eigenvalue weighted by molar-refractivity contribution is -0.00783. The number of nitrogens with one attached hydrogen (secondary N) is 1. The molecule has 0 radical (unpaired) electrons. The first kappa shape index (κ1) is 21.0. The Bertz CT molecular complexity index is 744. The summed E-state index contributed by atoms with van der Waals surface area (Å²) in [7, 11) is -1.85. The topological polar surface area (TPSA) is 30.5 Å². The van der Waals surface area contributed by atoms with Crippen molar-refractivity contribution in [1.29, 1.82) is 0 Å². The third-order valence-corrected chi connectivity index (χ3v) is 10.6. The van der Waals surface area contributed by atoms with Crippen molar-refractivity contribution in [3.63, 3.8) is 0 Å². The Morgan fingerprint density at radius 1 is 1.04 bits per heavy atom. The highest BCUT2D eigenvalue weighted by molar-refractivity contribution is 6.74. The maximum absolute atomic E-state index is 6.64. The van der Waals surface area contributed by atoms with Gasteiger partial charge in [-0.1, -0.05) is 87.5 Å². The van der Waals surface area contributed by atoms with Gasteiger partial charge in [0.1, 0.15) is 0 Å².